The summed E-state index contributed by atoms with van der Waals surface area (Å²) in [5.41, 5.74) is -0.229. The van der Waals surface area contributed by atoms with Gasteiger partial charge in [0.1, 0.15) is 11.7 Å². The van der Waals surface area contributed by atoms with Crippen molar-refractivity contribution in [2.75, 3.05) is 32.9 Å². The number of amides is 1. The molecule has 2 unspecified atom stereocenters. The summed E-state index contributed by atoms with van der Waals surface area (Å²) in [6.45, 7) is 3.28. The third-order valence-corrected chi connectivity index (χ3v) is 4.92. The summed E-state index contributed by atoms with van der Waals surface area (Å²) in [4.78, 5) is 18.5. The highest BCUT2D eigenvalue weighted by Gasteiger charge is 2.51. The average Bonchev–Trinajstić information content (AvgIpc) is 3.07. The highest BCUT2D eigenvalue weighted by molar-refractivity contribution is 5.80. The van der Waals surface area contributed by atoms with Crippen LogP contribution < -0.4 is 4.74 Å². The SMILES string of the molecule is O=C(C1CCOC1)N1CC2(CC(Oc3ccccn3)CCO2)C1. The Labute approximate surface area is 135 Å². The maximum atomic E-state index is 12.4. The molecule has 4 heterocycles. The van der Waals surface area contributed by atoms with Gasteiger partial charge in [-0.05, 0) is 12.5 Å². The lowest BCUT2D eigenvalue weighted by Crippen LogP contribution is -2.68. The fourth-order valence-electron chi connectivity index (χ4n) is 3.68. The fraction of sp³-hybridized carbons (Fsp3) is 0.647. The second-order valence-corrected chi connectivity index (χ2v) is 6.69. The lowest BCUT2D eigenvalue weighted by Gasteiger charge is -2.53. The van der Waals surface area contributed by atoms with Gasteiger partial charge in [0.15, 0.2) is 0 Å². The van der Waals surface area contributed by atoms with Crippen molar-refractivity contribution in [1.82, 2.24) is 9.88 Å². The van der Waals surface area contributed by atoms with Crippen molar-refractivity contribution in [1.29, 1.82) is 0 Å². The lowest BCUT2D eigenvalue weighted by molar-refractivity contribution is -0.195. The smallest absolute Gasteiger partial charge is 0.228 e. The van der Waals surface area contributed by atoms with Gasteiger partial charge in [-0.2, -0.15) is 0 Å². The molecule has 3 fully saturated rings. The van der Waals surface area contributed by atoms with E-state index in [0.29, 0.717) is 38.8 Å². The molecule has 3 aliphatic rings. The first-order valence-electron chi connectivity index (χ1n) is 8.32. The van der Waals surface area contributed by atoms with Crippen LogP contribution in [0.3, 0.4) is 0 Å². The zero-order valence-electron chi connectivity index (χ0n) is 13.1. The van der Waals surface area contributed by atoms with Crippen molar-refractivity contribution in [3.63, 3.8) is 0 Å². The predicted octanol–water partition coefficient (Wildman–Crippen LogP) is 1.26. The van der Waals surface area contributed by atoms with Crippen LogP contribution in [0.2, 0.25) is 0 Å². The third kappa shape index (κ3) is 3.05. The Hall–Kier alpha value is -1.66. The Morgan fingerprint density at radius 3 is 2.96 bits per heavy atom. The molecule has 0 aliphatic carbocycles. The van der Waals surface area contributed by atoms with Crippen molar-refractivity contribution in [2.45, 2.75) is 31.0 Å². The van der Waals surface area contributed by atoms with E-state index in [0.717, 1.165) is 19.3 Å². The van der Waals surface area contributed by atoms with Gasteiger partial charge in [-0.15, -0.1) is 0 Å². The van der Waals surface area contributed by atoms with E-state index in [1.54, 1.807) is 6.20 Å². The second-order valence-electron chi connectivity index (χ2n) is 6.69. The number of pyridine rings is 1. The highest BCUT2D eigenvalue weighted by atomic mass is 16.5. The molecule has 3 aliphatic heterocycles. The van der Waals surface area contributed by atoms with Crippen molar-refractivity contribution >= 4 is 5.91 Å². The van der Waals surface area contributed by atoms with E-state index in [4.69, 9.17) is 14.2 Å². The molecule has 1 spiro atoms. The van der Waals surface area contributed by atoms with Crippen molar-refractivity contribution in [2.24, 2.45) is 5.92 Å². The standard InChI is InChI=1S/C17H22N2O4/c20-16(13-4-7-21-10-13)19-11-17(12-19)9-14(5-8-22-17)23-15-3-1-2-6-18-15/h1-3,6,13-14H,4-5,7-12H2. The number of hydrogen-bond acceptors (Lipinski definition) is 5. The predicted molar refractivity (Wildman–Crippen MR) is 82.1 cm³/mol. The molecule has 0 bridgehead atoms. The van der Waals surface area contributed by atoms with Gasteiger partial charge in [0, 0.05) is 31.7 Å². The van der Waals surface area contributed by atoms with Crippen LogP contribution in [0.1, 0.15) is 19.3 Å². The largest absolute Gasteiger partial charge is 0.474 e. The molecule has 4 rings (SSSR count). The van der Waals surface area contributed by atoms with Crippen LogP contribution in [0.5, 0.6) is 5.88 Å². The Morgan fingerprint density at radius 2 is 2.22 bits per heavy atom. The lowest BCUT2D eigenvalue weighted by atomic mass is 9.84. The van der Waals surface area contributed by atoms with Crippen molar-refractivity contribution in [3.8, 4) is 5.88 Å². The average molecular weight is 318 g/mol. The molecule has 0 aromatic carbocycles. The minimum Gasteiger partial charge on any atom is -0.474 e. The van der Waals surface area contributed by atoms with E-state index in [1.807, 2.05) is 23.1 Å². The Morgan fingerprint density at radius 1 is 1.30 bits per heavy atom. The number of rotatable bonds is 3. The molecule has 1 aromatic heterocycles. The quantitative estimate of drug-likeness (QED) is 0.839. The zero-order chi connectivity index (χ0) is 15.7. The molecular weight excluding hydrogens is 296 g/mol. The Bertz CT molecular complexity index is 553. The number of hydrogen-bond donors (Lipinski definition) is 0. The van der Waals surface area contributed by atoms with Crippen LogP contribution >= 0.6 is 0 Å². The maximum Gasteiger partial charge on any atom is 0.228 e. The van der Waals surface area contributed by atoms with Crippen molar-refractivity contribution in [3.05, 3.63) is 24.4 Å². The van der Waals surface area contributed by atoms with Gasteiger partial charge >= 0.3 is 0 Å². The third-order valence-electron chi connectivity index (χ3n) is 4.92. The molecule has 0 saturated carbocycles. The Balaban J connectivity index is 1.32. The van der Waals surface area contributed by atoms with E-state index >= 15 is 0 Å². The van der Waals surface area contributed by atoms with E-state index in [-0.39, 0.29) is 23.5 Å². The molecular formula is C17H22N2O4. The second kappa shape index (κ2) is 6.09. The van der Waals surface area contributed by atoms with Crippen LogP contribution in [0, 0.1) is 5.92 Å². The molecule has 0 N–H and O–H groups in total. The number of likely N-dealkylation sites (tertiary alicyclic amines) is 1. The van der Waals surface area contributed by atoms with Gasteiger partial charge in [0.25, 0.3) is 0 Å². The highest BCUT2D eigenvalue weighted by Crippen LogP contribution is 2.36. The van der Waals surface area contributed by atoms with Gasteiger partial charge < -0.3 is 19.1 Å². The minimum atomic E-state index is -0.229. The van der Waals surface area contributed by atoms with E-state index in [9.17, 15) is 4.79 Å². The summed E-state index contributed by atoms with van der Waals surface area (Å²) in [6, 6.07) is 5.67. The fourth-order valence-corrected chi connectivity index (χ4v) is 3.68. The molecule has 1 aromatic rings. The molecule has 23 heavy (non-hydrogen) atoms. The number of nitrogens with zero attached hydrogens (tertiary/aromatic N) is 2. The molecule has 2 atom stereocenters. The first-order valence-corrected chi connectivity index (χ1v) is 8.32. The number of carbonyl (C=O) groups is 1. The number of ether oxygens (including phenoxy) is 3. The topological polar surface area (TPSA) is 60.9 Å². The summed E-state index contributed by atoms with van der Waals surface area (Å²) in [5, 5.41) is 0. The number of aromatic nitrogens is 1. The van der Waals surface area contributed by atoms with Crippen LogP contribution in [-0.4, -0.2) is 60.4 Å². The van der Waals surface area contributed by atoms with Crippen LogP contribution in [-0.2, 0) is 14.3 Å². The van der Waals surface area contributed by atoms with Crippen LogP contribution in [0.4, 0.5) is 0 Å². The van der Waals surface area contributed by atoms with Crippen molar-refractivity contribution < 1.29 is 19.0 Å². The first kappa shape index (κ1) is 14.9. The molecule has 6 heteroatoms. The van der Waals surface area contributed by atoms with Gasteiger partial charge in [0.2, 0.25) is 11.8 Å². The van der Waals surface area contributed by atoms with Gasteiger partial charge in [-0.1, -0.05) is 6.07 Å². The molecule has 3 saturated heterocycles. The minimum absolute atomic E-state index is 0.0384. The molecule has 0 radical (unpaired) electrons. The summed E-state index contributed by atoms with van der Waals surface area (Å²) in [7, 11) is 0. The molecule has 124 valence electrons. The summed E-state index contributed by atoms with van der Waals surface area (Å²) < 4.78 is 17.3. The summed E-state index contributed by atoms with van der Waals surface area (Å²) in [6.07, 6.45) is 4.36. The summed E-state index contributed by atoms with van der Waals surface area (Å²) in [5.74, 6) is 0.908. The van der Waals surface area contributed by atoms with E-state index in [1.165, 1.54) is 0 Å². The van der Waals surface area contributed by atoms with Crippen LogP contribution in [0.25, 0.3) is 0 Å². The molecule has 6 nitrogen and oxygen atoms in total. The zero-order valence-corrected chi connectivity index (χ0v) is 13.1. The number of carbonyl (C=O) groups excluding carboxylic acids is 1. The first-order chi connectivity index (χ1) is 11.2. The summed E-state index contributed by atoms with van der Waals surface area (Å²) >= 11 is 0. The normalized spacial score (nSPS) is 29.3. The van der Waals surface area contributed by atoms with E-state index in [2.05, 4.69) is 4.98 Å². The maximum absolute atomic E-state index is 12.4. The monoisotopic (exact) mass is 318 g/mol. The van der Waals surface area contributed by atoms with E-state index < -0.39 is 0 Å². The van der Waals surface area contributed by atoms with Crippen LogP contribution in [0.15, 0.2) is 24.4 Å². The Kier molecular flexibility index (Phi) is 3.95. The van der Waals surface area contributed by atoms with Gasteiger partial charge in [-0.3, -0.25) is 4.79 Å². The molecule has 1 amide bonds. The van der Waals surface area contributed by atoms with Gasteiger partial charge in [-0.25, -0.2) is 4.98 Å². The van der Waals surface area contributed by atoms with Gasteiger partial charge in [0.05, 0.1) is 32.2 Å².